The van der Waals surface area contributed by atoms with Gasteiger partial charge in [-0.05, 0) is 12.1 Å². The third kappa shape index (κ3) is 3.26. The van der Waals surface area contributed by atoms with E-state index in [1.807, 2.05) is 91.0 Å². The lowest BCUT2D eigenvalue weighted by Gasteiger charge is -2.14. The van der Waals surface area contributed by atoms with Crippen LogP contribution in [0.25, 0.3) is 22.5 Å². The van der Waals surface area contributed by atoms with Gasteiger partial charge in [-0.1, -0.05) is 78.9 Å². The summed E-state index contributed by atoms with van der Waals surface area (Å²) >= 11 is 0. The molecule has 0 saturated heterocycles. The van der Waals surface area contributed by atoms with Crippen molar-refractivity contribution >= 4 is 17.3 Å². The van der Waals surface area contributed by atoms with E-state index in [0.29, 0.717) is 11.6 Å². The van der Waals surface area contributed by atoms with Gasteiger partial charge in [0.1, 0.15) is 0 Å². The van der Waals surface area contributed by atoms with Gasteiger partial charge in [-0.3, -0.25) is 0 Å². The van der Waals surface area contributed by atoms with Gasteiger partial charge in [0.15, 0.2) is 11.6 Å². The lowest BCUT2D eigenvalue weighted by atomic mass is 10.0. The van der Waals surface area contributed by atoms with Gasteiger partial charge in [0.2, 0.25) is 0 Å². The summed E-state index contributed by atoms with van der Waals surface area (Å²) in [5.41, 5.74) is 10.7. The number of nitrogens with zero attached hydrogens (tertiary/aromatic N) is 2. The molecule has 0 bridgehead atoms. The lowest BCUT2D eigenvalue weighted by Crippen LogP contribution is -2.05. The third-order valence-corrected chi connectivity index (χ3v) is 4.05. The van der Waals surface area contributed by atoms with Crippen LogP contribution in [0.5, 0.6) is 0 Å². The van der Waals surface area contributed by atoms with Gasteiger partial charge in [-0.15, -0.1) is 0 Å². The number of nitrogen functional groups attached to an aromatic ring is 1. The maximum Gasteiger partial charge on any atom is 0.174 e. The van der Waals surface area contributed by atoms with Gasteiger partial charge in [-0.2, -0.15) is 0 Å². The van der Waals surface area contributed by atoms with Crippen LogP contribution in [0.15, 0.2) is 91.0 Å². The van der Waals surface area contributed by atoms with Crippen molar-refractivity contribution in [1.82, 2.24) is 9.97 Å². The van der Waals surface area contributed by atoms with E-state index in [0.717, 1.165) is 28.2 Å². The zero-order valence-corrected chi connectivity index (χ0v) is 14.1. The predicted octanol–water partition coefficient (Wildman–Crippen LogP) is 5.14. The van der Waals surface area contributed by atoms with Crippen molar-refractivity contribution < 1.29 is 0 Å². The minimum absolute atomic E-state index is 0.368. The summed E-state index contributed by atoms with van der Waals surface area (Å²) in [6.45, 7) is 0. The zero-order chi connectivity index (χ0) is 17.8. The van der Waals surface area contributed by atoms with Crippen LogP contribution >= 0.6 is 0 Å². The Bertz CT molecular complexity index is 1000. The second kappa shape index (κ2) is 7.07. The van der Waals surface area contributed by atoms with Crippen LogP contribution in [0.2, 0.25) is 0 Å². The standard InChI is InChI=1S/C22H18N4/c23-21-22(24-18-14-8-3-9-15-18)26-20(17-12-6-2-7-13-17)19(25-21)16-10-4-1-5-11-16/h1-15H,(H2,23,25)(H,24,26). The Labute approximate surface area is 152 Å². The molecule has 0 spiro atoms. The van der Waals surface area contributed by atoms with E-state index in [9.17, 15) is 0 Å². The third-order valence-electron chi connectivity index (χ3n) is 4.05. The Kier molecular flexibility index (Phi) is 4.31. The quantitative estimate of drug-likeness (QED) is 0.541. The predicted molar refractivity (Wildman–Crippen MR) is 107 cm³/mol. The first-order valence-electron chi connectivity index (χ1n) is 8.42. The molecule has 4 rings (SSSR count). The molecule has 4 heteroatoms. The first kappa shape index (κ1) is 15.8. The van der Waals surface area contributed by atoms with Gasteiger partial charge in [-0.25, -0.2) is 9.97 Å². The Morgan fingerprint density at radius 1 is 0.577 bits per heavy atom. The van der Waals surface area contributed by atoms with E-state index in [2.05, 4.69) is 10.3 Å². The van der Waals surface area contributed by atoms with Gasteiger partial charge in [0, 0.05) is 16.8 Å². The summed E-state index contributed by atoms with van der Waals surface area (Å²) in [6, 6.07) is 29.8. The summed E-state index contributed by atoms with van der Waals surface area (Å²) < 4.78 is 0. The highest BCUT2D eigenvalue weighted by Crippen LogP contribution is 2.32. The second-order valence-corrected chi connectivity index (χ2v) is 5.88. The molecule has 1 heterocycles. The average Bonchev–Trinajstić information content (AvgIpc) is 2.71. The minimum Gasteiger partial charge on any atom is -0.381 e. The van der Waals surface area contributed by atoms with E-state index >= 15 is 0 Å². The molecule has 3 N–H and O–H groups in total. The Hall–Kier alpha value is -3.66. The molecular weight excluding hydrogens is 320 g/mol. The van der Waals surface area contributed by atoms with Crippen LogP contribution in [0.4, 0.5) is 17.3 Å². The normalized spacial score (nSPS) is 10.5. The van der Waals surface area contributed by atoms with Crippen LogP contribution in [0, 0.1) is 0 Å². The molecule has 0 unspecified atom stereocenters. The Morgan fingerprint density at radius 3 is 1.58 bits per heavy atom. The van der Waals surface area contributed by atoms with E-state index in [1.165, 1.54) is 0 Å². The molecular formula is C22H18N4. The number of anilines is 3. The van der Waals surface area contributed by atoms with Crippen LogP contribution in [-0.4, -0.2) is 9.97 Å². The van der Waals surface area contributed by atoms with Crippen molar-refractivity contribution in [3.8, 4) is 22.5 Å². The molecule has 0 atom stereocenters. The van der Waals surface area contributed by atoms with Crippen LogP contribution in [-0.2, 0) is 0 Å². The SMILES string of the molecule is Nc1nc(-c2ccccc2)c(-c2ccccc2)nc1Nc1ccccc1. The number of hydrogen-bond donors (Lipinski definition) is 2. The molecule has 0 aliphatic heterocycles. The largest absolute Gasteiger partial charge is 0.381 e. The van der Waals surface area contributed by atoms with Crippen LogP contribution < -0.4 is 11.1 Å². The maximum absolute atomic E-state index is 6.22. The number of nitrogens with one attached hydrogen (secondary N) is 1. The van der Waals surface area contributed by atoms with Gasteiger partial charge < -0.3 is 11.1 Å². The Morgan fingerprint density at radius 2 is 1.04 bits per heavy atom. The smallest absolute Gasteiger partial charge is 0.174 e. The summed E-state index contributed by atoms with van der Waals surface area (Å²) in [5, 5.41) is 3.26. The van der Waals surface area contributed by atoms with E-state index in [1.54, 1.807) is 0 Å². The average molecular weight is 338 g/mol. The molecule has 126 valence electrons. The molecule has 0 radical (unpaired) electrons. The fraction of sp³-hybridized carbons (Fsp3) is 0. The van der Waals surface area contributed by atoms with Crippen molar-refractivity contribution in [2.75, 3.05) is 11.1 Å². The summed E-state index contributed by atoms with van der Waals surface area (Å²) in [7, 11) is 0. The number of aromatic nitrogens is 2. The highest BCUT2D eigenvalue weighted by Gasteiger charge is 2.15. The molecule has 4 aromatic rings. The van der Waals surface area contributed by atoms with Crippen molar-refractivity contribution in [1.29, 1.82) is 0 Å². The molecule has 4 nitrogen and oxygen atoms in total. The van der Waals surface area contributed by atoms with Crippen molar-refractivity contribution in [3.05, 3.63) is 91.0 Å². The summed E-state index contributed by atoms with van der Waals surface area (Å²) in [4.78, 5) is 9.48. The highest BCUT2D eigenvalue weighted by molar-refractivity contribution is 5.82. The van der Waals surface area contributed by atoms with Crippen molar-refractivity contribution in [2.24, 2.45) is 0 Å². The van der Waals surface area contributed by atoms with E-state index < -0.39 is 0 Å². The maximum atomic E-state index is 6.22. The van der Waals surface area contributed by atoms with Crippen LogP contribution in [0.3, 0.4) is 0 Å². The number of para-hydroxylation sites is 1. The first-order chi connectivity index (χ1) is 12.8. The second-order valence-electron chi connectivity index (χ2n) is 5.88. The van der Waals surface area contributed by atoms with Crippen molar-refractivity contribution in [3.63, 3.8) is 0 Å². The first-order valence-corrected chi connectivity index (χ1v) is 8.42. The van der Waals surface area contributed by atoms with Gasteiger partial charge in [0.05, 0.1) is 11.4 Å². The molecule has 26 heavy (non-hydrogen) atoms. The highest BCUT2D eigenvalue weighted by atomic mass is 15.1. The van der Waals surface area contributed by atoms with E-state index in [-0.39, 0.29) is 0 Å². The number of nitrogens with two attached hydrogens (primary N) is 1. The fourth-order valence-electron chi connectivity index (χ4n) is 2.79. The molecule has 0 amide bonds. The molecule has 3 aromatic carbocycles. The number of hydrogen-bond acceptors (Lipinski definition) is 4. The molecule has 1 aromatic heterocycles. The number of rotatable bonds is 4. The Balaban J connectivity index is 1.86. The molecule has 0 fully saturated rings. The van der Waals surface area contributed by atoms with Gasteiger partial charge in [0.25, 0.3) is 0 Å². The number of benzene rings is 3. The fourth-order valence-corrected chi connectivity index (χ4v) is 2.79. The molecule has 0 saturated carbocycles. The van der Waals surface area contributed by atoms with Crippen molar-refractivity contribution in [2.45, 2.75) is 0 Å². The monoisotopic (exact) mass is 338 g/mol. The zero-order valence-electron chi connectivity index (χ0n) is 14.1. The van der Waals surface area contributed by atoms with Gasteiger partial charge >= 0.3 is 0 Å². The van der Waals surface area contributed by atoms with Crippen LogP contribution in [0.1, 0.15) is 0 Å². The lowest BCUT2D eigenvalue weighted by molar-refractivity contribution is 1.21. The topological polar surface area (TPSA) is 63.8 Å². The summed E-state index contributed by atoms with van der Waals surface area (Å²) in [5.74, 6) is 0.919. The summed E-state index contributed by atoms with van der Waals surface area (Å²) in [6.07, 6.45) is 0. The van der Waals surface area contributed by atoms with E-state index in [4.69, 9.17) is 10.7 Å². The minimum atomic E-state index is 0.368. The molecule has 0 aliphatic rings. The molecule has 0 aliphatic carbocycles.